The summed E-state index contributed by atoms with van der Waals surface area (Å²) in [5.41, 5.74) is 2.53. The van der Waals surface area contributed by atoms with Crippen molar-refractivity contribution < 1.29 is 9.53 Å². The fourth-order valence-electron chi connectivity index (χ4n) is 3.11. The molecule has 3 aromatic rings. The molecule has 5 heteroatoms. The lowest BCUT2D eigenvalue weighted by Gasteiger charge is -2.25. The molecule has 23 heavy (non-hydrogen) atoms. The maximum absolute atomic E-state index is 12.8. The molecule has 116 valence electrons. The highest BCUT2D eigenvalue weighted by Gasteiger charge is 2.25. The third-order valence-corrected chi connectivity index (χ3v) is 4.24. The number of nitrogens with one attached hydrogen (secondary N) is 1. The summed E-state index contributed by atoms with van der Waals surface area (Å²) < 4.78 is 7.57. The second-order valence-corrected chi connectivity index (χ2v) is 5.72. The van der Waals surface area contributed by atoms with Crippen molar-refractivity contribution in [3.8, 4) is 5.75 Å². The highest BCUT2D eigenvalue weighted by molar-refractivity contribution is 6.07. The van der Waals surface area contributed by atoms with Gasteiger partial charge in [-0.15, -0.1) is 0 Å². The monoisotopic (exact) mass is 307 g/mol. The summed E-state index contributed by atoms with van der Waals surface area (Å²) in [6.07, 6.45) is 4.32. The van der Waals surface area contributed by atoms with Crippen LogP contribution in [0.15, 0.2) is 48.8 Å². The number of fused-ring (bicyclic) bond motifs is 2. The second kappa shape index (κ2) is 5.43. The predicted molar refractivity (Wildman–Crippen MR) is 87.5 cm³/mol. The van der Waals surface area contributed by atoms with E-state index < -0.39 is 0 Å². The lowest BCUT2D eigenvalue weighted by atomic mass is 10.1. The lowest BCUT2D eigenvalue weighted by Crippen LogP contribution is -2.32. The van der Waals surface area contributed by atoms with Gasteiger partial charge in [0.2, 0.25) is 0 Å². The average Bonchev–Trinajstić information content (AvgIpc) is 2.93. The number of carbonyl (C=O) groups excluding carboxylic acids is 1. The van der Waals surface area contributed by atoms with E-state index in [-0.39, 0.29) is 11.9 Å². The van der Waals surface area contributed by atoms with Crippen LogP contribution in [0.2, 0.25) is 0 Å². The predicted octanol–water partition coefficient (Wildman–Crippen LogP) is 2.83. The SMILES string of the molecule is Cn1cc(C(=O)NC2CCOc3cccnc32)c2ccccc21. The number of pyridine rings is 1. The fraction of sp³-hybridized carbons (Fsp3) is 0.222. The summed E-state index contributed by atoms with van der Waals surface area (Å²) in [4.78, 5) is 17.1. The number of hydrogen-bond donors (Lipinski definition) is 1. The van der Waals surface area contributed by atoms with Crippen molar-refractivity contribution in [2.45, 2.75) is 12.5 Å². The zero-order chi connectivity index (χ0) is 15.8. The van der Waals surface area contributed by atoms with E-state index in [2.05, 4.69) is 10.3 Å². The van der Waals surface area contributed by atoms with E-state index >= 15 is 0 Å². The zero-order valence-corrected chi connectivity index (χ0v) is 12.8. The van der Waals surface area contributed by atoms with Gasteiger partial charge in [-0.05, 0) is 18.2 Å². The Morgan fingerprint density at radius 3 is 3.09 bits per heavy atom. The maximum Gasteiger partial charge on any atom is 0.253 e. The van der Waals surface area contributed by atoms with Gasteiger partial charge in [-0.2, -0.15) is 0 Å². The summed E-state index contributed by atoms with van der Waals surface area (Å²) in [5, 5.41) is 4.06. The third-order valence-electron chi connectivity index (χ3n) is 4.24. The van der Waals surface area contributed by atoms with Gasteiger partial charge in [-0.1, -0.05) is 18.2 Å². The maximum atomic E-state index is 12.8. The number of carbonyl (C=O) groups is 1. The molecule has 4 rings (SSSR count). The molecule has 1 aromatic carbocycles. The number of benzene rings is 1. The highest BCUT2D eigenvalue weighted by atomic mass is 16.5. The Balaban J connectivity index is 1.66. The van der Waals surface area contributed by atoms with Gasteiger partial charge in [0.1, 0.15) is 11.4 Å². The van der Waals surface area contributed by atoms with Gasteiger partial charge in [0, 0.05) is 36.8 Å². The van der Waals surface area contributed by atoms with Crippen LogP contribution in [0.5, 0.6) is 5.75 Å². The minimum absolute atomic E-state index is 0.0784. The van der Waals surface area contributed by atoms with Crippen molar-refractivity contribution in [1.82, 2.24) is 14.9 Å². The molecule has 1 atom stereocenters. The van der Waals surface area contributed by atoms with Gasteiger partial charge in [0.25, 0.3) is 5.91 Å². The number of nitrogens with zero attached hydrogens (tertiary/aromatic N) is 2. The molecule has 0 saturated carbocycles. The summed E-state index contributed by atoms with van der Waals surface area (Å²) in [6.45, 7) is 0.583. The molecule has 1 unspecified atom stereocenters. The topological polar surface area (TPSA) is 56.2 Å². The van der Waals surface area contributed by atoms with Crippen molar-refractivity contribution >= 4 is 16.8 Å². The molecule has 0 saturated heterocycles. The van der Waals surface area contributed by atoms with E-state index in [0.29, 0.717) is 12.2 Å². The second-order valence-electron chi connectivity index (χ2n) is 5.72. The van der Waals surface area contributed by atoms with Crippen molar-refractivity contribution in [3.63, 3.8) is 0 Å². The molecular formula is C18H17N3O2. The van der Waals surface area contributed by atoms with Gasteiger partial charge in [0.05, 0.1) is 18.2 Å². The molecule has 1 N–H and O–H groups in total. The lowest BCUT2D eigenvalue weighted by molar-refractivity contribution is 0.0924. The summed E-state index contributed by atoms with van der Waals surface area (Å²) in [6, 6.07) is 11.5. The van der Waals surface area contributed by atoms with Crippen molar-refractivity contribution in [1.29, 1.82) is 0 Å². The number of aryl methyl sites for hydroxylation is 1. The summed E-state index contributed by atoms with van der Waals surface area (Å²) >= 11 is 0. The van der Waals surface area contributed by atoms with Crippen LogP contribution >= 0.6 is 0 Å². The molecule has 0 aliphatic carbocycles. The molecule has 2 aromatic heterocycles. The first-order chi connectivity index (χ1) is 11.2. The Morgan fingerprint density at radius 1 is 1.30 bits per heavy atom. The first-order valence-corrected chi connectivity index (χ1v) is 7.66. The number of hydrogen-bond acceptors (Lipinski definition) is 3. The molecule has 1 amide bonds. The van der Waals surface area contributed by atoms with E-state index in [1.165, 1.54) is 0 Å². The van der Waals surface area contributed by atoms with Gasteiger partial charge in [-0.25, -0.2) is 0 Å². The quantitative estimate of drug-likeness (QED) is 0.792. The number of ether oxygens (including phenoxy) is 1. The number of aromatic nitrogens is 2. The minimum Gasteiger partial charge on any atom is -0.491 e. The molecule has 0 bridgehead atoms. The van der Waals surface area contributed by atoms with Crippen LogP contribution in [0.4, 0.5) is 0 Å². The van der Waals surface area contributed by atoms with Crippen LogP contribution in [-0.2, 0) is 7.05 Å². The largest absolute Gasteiger partial charge is 0.491 e. The van der Waals surface area contributed by atoms with Crippen LogP contribution in [0.3, 0.4) is 0 Å². The van der Waals surface area contributed by atoms with Crippen LogP contribution in [0.25, 0.3) is 10.9 Å². The van der Waals surface area contributed by atoms with Crippen molar-refractivity contribution in [2.75, 3.05) is 6.61 Å². The van der Waals surface area contributed by atoms with Gasteiger partial charge < -0.3 is 14.6 Å². The number of rotatable bonds is 2. The standard InChI is InChI=1S/C18H17N3O2/c1-21-11-13(12-5-2-3-6-15(12)21)18(22)20-14-8-10-23-16-7-4-9-19-17(14)16/h2-7,9,11,14H,8,10H2,1H3,(H,20,22). The number of amides is 1. The first kappa shape index (κ1) is 13.8. The first-order valence-electron chi connectivity index (χ1n) is 7.66. The van der Waals surface area contributed by atoms with Crippen LogP contribution in [-0.4, -0.2) is 22.1 Å². The van der Waals surface area contributed by atoms with Gasteiger partial charge in [-0.3, -0.25) is 9.78 Å². The van der Waals surface area contributed by atoms with Crippen molar-refractivity contribution in [3.05, 3.63) is 60.0 Å². The average molecular weight is 307 g/mol. The molecule has 3 heterocycles. The van der Waals surface area contributed by atoms with E-state index in [9.17, 15) is 4.79 Å². The van der Waals surface area contributed by atoms with E-state index in [4.69, 9.17) is 4.74 Å². The highest BCUT2D eigenvalue weighted by Crippen LogP contribution is 2.30. The van der Waals surface area contributed by atoms with Crippen LogP contribution < -0.4 is 10.1 Å². The summed E-state index contributed by atoms with van der Waals surface area (Å²) in [7, 11) is 1.95. The molecule has 0 radical (unpaired) electrons. The van der Waals surface area contributed by atoms with Crippen LogP contribution in [0.1, 0.15) is 28.5 Å². The Kier molecular flexibility index (Phi) is 3.26. The van der Waals surface area contributed by atoms with E-state index in [1.807, 2.05) is 54.2 Å². The Bertz CT molecular complexity index is 885. The summed E-state index contributed by atoms with van der Waals surface area (Å²) in [5.74, 6) is 0.673. The fourth-order valence-corrected chi connectivity index (χ4v) is 3.11. The molecule has 1 aliphatic heterocycles. The molecule has 0 spiro atoms. The molecular weight excluding hydrogens is 290 g/mol. The third kappa shape index (κ3) is 2.34. The van der Waals surface area contributed by atoms with Gasteiger partial charge in [0.15, 0.2) is 0 Å². The Morgan fingerprint density at radius 2 is 2.17 bits per heavy atom. The van der Waals surface area contributed by atoms with Gasteiger partial charge >= 0.3 is 0 Å². The van der Waals surface area contributed by atoms with Crippen molar-refractivity contribution in [2.24, 2.45) is 7.05 Å². The van der Waals surface area contributed by atoms with E-state index in [0.717, 1.165) is 28.8 Å². The smallest absolute Gasteiger partial charge is 0.253 e. The normalized spacial score (nSPS) is 16.7. The van der Waals surface area contributed by atoms with Crippen LogP contribution in [0, 0.1) is 0 Å². The Labute approximate surface area is 133 Å². The molecule has 1 aliphatic rings. The molecule has 0 fully saturated rings. The Hall–Kier alpha value is -2.82. The minimum atomic E-state index is -0.119. The molecule has 5 nitrogen and oxygen atoms in total. The zero-order valence-electron chi connectivity index (χ0n) is 12.8. The number of para-hydroxylation sites is 1. The van der Waals surface area contributed by atoms with E-state index in [1.54, 1.807) is 6.20 Å².